The minimum absolute atomic E-state index is 0.482. The Morgan fingerprint density at radius 3 is 2.53 bits per heavy atom. The zero-order chi connectivity index (χ0) is 11.4. The Hall–Kier alpha value is -0.650. The summed E-state index contributed by atoms with van der Waals surface area (Å²) in [6.45, 7) is 6.51. The maximum Gasteiger partial charge on any atom is 0.100 e. The summed E-state index contributed by atoms with van der Waals surface area (Å²) in [5.74, 6) is 0.584. The first-order valence-electron chi connectivity index (χ1n) is 4.91. The SMILES string of the molecule is CC(C)C(C)Sc1cc(Cl)ccc1C#N. The fraction of sp³-hybridized carbons (Fsp3) is 0.417. The summed E-state index contributed by atoms with van der Waals surface area (Å²) in [6, 6.07) is 7.58. The van der Waals surface area contributed by atoms with Gasteiger partial charge in [-0.15, -0.1) is 11.8 Å². The van der Waals surface area contributed by atoms with Gasteiger partial charge < -0.3 is 0 Å². The molecule has 1 aromatic rings. The van der Waals surface area contributed by atoms with Crippen LogP contribution < -0.4 is 0 Å². The molecular formula is C12H14ClNS. The van der Waals surface area contributed by atoms with E-state index in [1.165, 1.54) is 0 Å². The van der Waals surface area contributed by atoms with Gasteiger partial charge in [0.25, 0.3) is 0 Å². The highest BCUT2D eigenvalue weighted by molar-refractivity contribution is 8.00. The summed E-state index contributed by atoms with van der Waals surface area (Å²) in [4.78, 5) is 0.978. The van der Waals surface area contributed by atoms with E-state index in [2.05, 4.69) is 26.8 Å². The van der Waals surface area contributed by atoms with Gasteiger partial charge in [0, 0.05) is 15.2 Å². The minimum atomic E-state index is 0.482. The monoisotopic (exact) mass is 239 g/mol. The number of benzene rings is 1. The first-order chi connectivity index (χ1) is 7.04. The molecule has 0 saturated heterocycles. The van der Waals surface area contributed by atoms with Crippen LogP contribution in [0.25, 0.3) is 0 Å². The lowest BCUT2D eigenvalue weighted by Crippen LogP contribution is -2.05. The predicted molar refractivity (Wildman–Crippen MR) is 66.3 cm³/mol. The number of halogens is 1. The number of nitriles is 1. The van der Waals surface area contributed by atoms with Gasteiger partial charge in [0.2, 0.25) is 0 Å². The molecule has 0 aliphatic carbocycles. The number of thioether (sulfide) groups is 1. The van der Waals surface area contributed by atoms with Crippen LogP contribution in [-0.2, 0) is 0 Å². The summed E-state index contributed by atoms with van der Waals surface area (Å²) in [6.07, 6.45) is 0. The van der Waals surface area contributed by atoms with Crippen molar-refractivity contribution in [2.45, 2.75) is 30.9 Å². The van der Waals surface area contributed by atoms with Gasteiger partial charge in [-0.25, -0.2) is 0 Å². The highest BCUT2D eigenvalue weighted by Gasteiger charge is 2.12. The minimum Gasteiger partial charge on any atom is -0.192 e. The van der Waals surface area contributed by atoms with Gasteiger partial charge in [-0.2, -0.15) is 5.26 Å². The van der Waals surface area contributed by atoms with E-state index in [9.17, 15) is 0 Å². The van der Waals surface area contributed by atoms with E-state index in [1.54, 1.807) is 23.9 Å². The Bertz CT molecular complexity index is 382. The summed E-state index contributed by atoms with van der Waals surface area (Å²) in [5.41, 5.74) is 0.705. The van der Waals surface area contributed by atoms with Crippen molar-refractivity contribution >= 4 is 23.4 Å². The Balaban J connectivity index is 2.93. The first-order valence-corrected chi connectivity index (χ1v) is 6.16. The van der Waals surface area contributed by atoms with Gasteiger partial charge in [0.1, 0.15) is 6.07 Å². The van der Waals surface area contributed by atoms with Crippen LogP contribution in [0.15, 0.2) is 23.1 Å². The van der Waals surface area contributed by atoms with Crippen molar-refractivity contribution in [2.24, 2.45) is 5.92 Å². The maximum absolute atomic E-state index is 8.95. The van der Waals surface area contributed by atoms with E-state index in [0.717, 1.165) is 4.90 Å². The Kier molecular flexibility index (Phi) is 4.50. The van der Waals surface area contributed by atoms with E-state index in [1.807, 2.05) is 6.07 Å². The highest BCUT2D eigenvalue weighted by Crippen LogP contribution is 2.32. The molecule has 0 N–H and O–H groups in total. The molecule has 1 unspecified atom stereocenters. The molecular weight excluding hydrogens is 226 g/mol. The molecule has 0 fully saturated rings. The highest BCUT2D eigenvalue weighted by atomic mass is 35.5. The molecule has 1 atom stereocenters. The fourth-order valence-corrected chi connectivity index (χ4v) is 2.37. The van der Waals surface area contributed by atoms with Gasteiger partial charge in [0.05, 0.1) is 5.56 Å². The van der Waals surface area contributed by atoms with Gasteiger partial charge >= 0.3 is 0 Å². The standard InChI is InChI=1S/C12H14ClNS/c1-8(2)9(3)15-12-6-11(13)5-4-10(12)7-14/h4-6,8-9H,1-3H3. The van der Waals surface area contributed by atoms with Gasteiger partial charge in [-0.3, -0.25) is 0 Å². The van der Waals surface area contributed by atoms with Crippen LogP contribution in [-0.4, -0.2) is 5.25 Å². The van der Waals surface area contributed by atoms with Crippen LogP contribution in [0.5, 0.6) is 0 Å². The Morgan fingerprint density at radius 1 is 1.33 bits per heavy atom. The second-order valence-electron chi connectivity index (χ2n) is 3.82. The number of nitrogens with zero attached hydrogens (tertiary/aromatic N) is 1. The molecule has 15 heavy (non-hydrogen) atoms. The van der Waals surface area contributed by atoms with Crippen molar-refractivity contribution in [1.29, 1.82) is 5.26 Å². The van der Waals surface area contributed by atoms with Crippen molar-refractivity contribution in [3.05, 3.63) is 28.8 Å². The lowest BCUT2D eigenvalue weighted by atomic mass is 10.2. The van der Waals surface area contributed by atoms with E-state index >= 15 is 0 Å². The first kappa shape index (κ1) is 12.4. The van der Waals surface area contributed by atoms with Crippen molar-refractivity contribution in [3.63, 3.8) is 0 Å². The molecule has 1 rings (SSSR count). The van der Waals surface area contributed by atoms with Crippen molar-refractivity contribution in [3.8, 4) is 6.07 Å². The van der Waals surface area contributed by atoms with Crippen molar-refractivity contribution < 1.29 is 0 Å². The predicted octanol–water partition coefficient (Wildman–Crippen LogP) is 4.35. The summed E-state index contributed by atoms with van der Waals surface area (Å²) >= 11 is 7.62. The van der Waals surface area contributed by atoms with E-state index in [0.29, 0.717) is 21.8 Å². The molecule has 0 aliphatic rings. The molecule has 0 aromatic heterocycles. The Morgan fingerprint density at radius 2 is 2.00 bits per heavy atom. The Labute approximate surface area is 100 Å². The van der Waals surface area contributed by atoms with Crippen LogP contribution in [0.1, 0.15) is 26.3 Å². The maximum atomic E-state index is 8.95. The lowest BCUT2D eigenvalue weighted by Gasteiger charge is -2.15. The molecule has 0 heterocycles. The average molecular weight is 240 g/mol. The van der Waals surface area contributed by atoms with Gasteiger partial charge in [-0.05, 0) is 24.1 Å². The normalized spacial score (nSPS) is 12.5. The van der Waals surface area contributed by atoms with Crippen LogP contribution in [0.3, 0.4) is 0 Å². The zero-order valence-electron chi connectivity index (χ0n) is 9.12. The molecule has 0 radical (unpaired) electrons. The van der Waals surface area contributed by atoms with Crippen molar-refractivity contribution in [1.82, 2.24) is 0 Å². The zero-order valence-corrected chi connectivity index (χ0v) is 10.7. The molecule has 0 spiro atoms. The van der Waals surface area contributed by atoms with E-state index < -0.39 is 0 Å². The summed E-state index contributed by atoms with van der Waals surface area (Å²) < 4.78 is 0. The second-order valence-corrected chi connectivity index (χ2v) is 5.67. The third kappa shape index (κ3) is 3.44. The van der Waals surface area contributed by atoms with Crippen molar-refractivity contribution in [2.75, 3.05) is 0 Å². The largest absolute Gasteiger partial charge is 0.192 e. The van der Waals surface area contributed by atoms with Crippen LogP contribution in [0.4, 0.5) is 0 Å². The molecule has 0 aliphatic heterocycles. The number of hydrogen-bond donors (Lipinski definition) is 0. The molecule has 80 valence electrons. The average Bonchev–Trinajstić information content (AvgIpc) is 2.18. The smallest absolute Gasteiger partial charge is 0.100 e. The van der Waals surface area contributed by atoms with Crippen LogP contribution in [0.2, 0.25) is 5.02 Å². The second kappa shape index (κ2) is 5.44. The van der Waals surface area contributed by atoms with Gasteiger partial charge in [-0.1, -0.05) is 32.4 Å². The molecule has 0 bridgehead atoms. The fourth-order valence-electron chi connectivity index (χ4n) is 1.02. The lowest BCUT2D eigenvalue weighted by molar-refractivity contribution is 0.642. The number of rotatable bonds is 3. The van der Waals surface area contributed by atoms with E-state index in [-0.39, 0.29) is 0 Å². The third-order valence-electron chi connectivity index (χ3n) is 2.32. The van der Waals surface area contributed by atoms with Gasteiger partial charge in [0.15, 0.2) is 0 Å². The van der Waals surface area contributed by atoms with Crippen LogP contribution >= 0.6 is 23.4 Å². The number of hydrogen-bond acceptors (Lipinski definition) is 2. The van der Waals surface area contributed by atoms with E-state index in [4.69, 9.17) is 16.9 Å². The topological polar surface area (TPSA) is 23.8 Å². The molecule has 1 aromatic carbocycles. The molecule has 0 saturated carbocycles. The molecule has 0 amide bonds. The summed E-state index contributed by atoms with van der Waals surface area (Å²) in [5, 5.41) is 10.1. The molecule has 1 nitrogen and oxygen atoms in total. The molecule has 3 heteroatoms. The van der Waals surface area contributed by atoms with Crippen LogP contribution in [0, 0.1) is 17.2 Å². The quantitative estimate of drug-likeness (QED) is 0.733. The third-order valence-corrected chi connectivity index (χ3v) is 4.06. The summed E-state index contributed by atoms with van der Waals surface area (Å²) in [7, 11) is 0.